The van der Waals surface area contributed by atoms with Gasteiger partial charge in [-0.3, -0.25) is 0 Å². The first kappa shape index (κ1) is 15.2. The van der Waals surface area contributed by atoms with Crippen LogP contribution < -0.4 is 5.32 Å². The van der Waals surface area contributed by atoms with E-state index in [0.717, 1.165) is 31.5 Å². The predicted molar refractivity (Wildman–Crippen MR) is 76.2 cm³/mol. The van der Waals surface area contributed by atoms with E-state index in [1.54, 1.807) is 12.1 Å². The van der Waals surface area contributed by atoms with E-state index in [9.17, 15) is 4.39 Å². The third kappa shape index (κ3) is 5.18. The Morgan fingerprint density at radius 3 is 2.67 bits per heavy atom. The second kappa shape index (κ2) is 8.25. The first-order valence-electron chi connectivity index (χ1n) is 7.12. The van der Waals surface area contributed by atoms with Gasteiger partial charge in [-0.05, 0) is 55.5 Å². The van der Waals surface area contributed by atoms with Crippen molar-refractivity contribution in [2.75, 3.05) is 13.1 Å². The number of hydrogen-bond donors (Lipinski definition) is 1. The van der Waals surface area contributed by atoms with Gasteiger partial charge in [-0.15, -0.1) is 0 Å². The topological polar surface area (TPSA) is 12.0 Å². The van der Waals surface area contributed by atoms with Crippen LogP contribution in [0.25, 0.3) is 0 Å². The fraction of sp³-hybridized carbons (Fsp3) is 0.625. The van der Waals surface area contributed by atoms with Crippen molar-refractivity contribution in [3.63, 3.8) is 0 Å². The molecule has 0 bridgehead atoms. The Morgan fingerprint density at radius 2 is 2.06 bits per heavy atom. The van der Waals surface area contributed by atoms with Crippen LogP contribution in [0, 0.1) is 17.7 Å². The van der Waals surface area contributed by atoms with E-state index in [1.165, 1.54) is 12.5 Å². The lowest BCUT2D eigenvalue weighted by molar-refractivity contribution is 0.329. The normalized spacial score (nSPS) is 14.4. The summed E-state index contributed by atoms with van der Waals surface area (Å²) in [5.41, 5.74) is 1.11. The molecule has 1 rings (SSSR count). The third-order valence-corrected chi connectivity index (χ3v) is 3.67. The van der Waals surface area contributed by atoms with Crippen molar-refractivity contribution in [2.24, 2.45) is 11.8 Å². The molecule has 0 fully saturated rings. The second-order valence-electron chi connectivity index (χ2n) is 5.18. The van der Waals surface area contributed by atoms with Gasteiger partial charge in [0.1, 0.15) is 5.82 Å². The van der Waals surface area contributed by atoms with E-state index in [-0.39, 0.29) is 5.82 Å². The van der Waals surface area contributed by atoms with Gasteiger partial charge in [0.05, 0.1) is 0 Å². The molecular formula is C16H26FN. The lowest BCUT2D eigenvalue weighted by Crippen LogP contribution is -2.29. The average Bonchev–Trinajstić information content (AvgIpc) is 2.37. The highest BCUT2D eigenvalue weighted by Gasteiger charge is 2.16. The van der Waals surface area contributed by atoms with Crippen LogP contribution in [0.3, 0.4) is 0 Å². The number of benzene rings is 1. The van der Waals surface area contributed by atoms with E-state index in [2.05, 4.69) is 26.1 Å². The minimum atomic E-state index is -0.128. The highest BCUT2D eigenvalue weighted by molar-refractivity contribution is 5.17. The summed E-state index contributed by atoms with van der Waals surface area (Å²) in [5, 5.41) is 3.49. The first-order valence-corrected chi connectivity index (χ1v) is 7.12. The molecule has 0 aliphatic heterocycles. The number of nitrogens with one attached hydrogen (secondary N) is 1. The van der Waals surface area contributed by atoms with Crippen LogP contribution in [0.2, 0.25) is 0 Å². The molecule has 0 spiro atoms. The van der Waals surface area contributed by atoms with E-state index in [0.29, 0.717) is 11.8 Å². The lowest BCUT2D eigenvalue weighted by atomic mass is 9.86. The van der Waals surface area contributed by atoms with Crippen LogP contribution >= 0.6 is 0 Å². The van der Waals surface area contributed by atoms with Gasteiger partial charge in [-0.2, -0.15) is 0 Å². The van der Waals surface area contributed by atoms with Crippen LogP contribution in [-0.4, -0.2) is 13.1 Å². The van der Waals surface area contributed by atoms with Gasteiger partial charge in [0.2, 0.25) is 0 Å². The molecule has 2 heteroatoms. The summed E-state index contributed by atoms with van der Waals surface area (Å²) in [7, 11) is 0. The summed E-state index contributed by atoms with van der Waals surface area (Å²) in [6.45, 7) is 8.79. The highest BCUT2D eigenvalue weighted by atomic mass is 19.1. The summed E-state index contributed by atoms with van der Waals surface area (Å²) in [4.78, 5) is 0. The Bertz CT molecular complexity index is 338. The van der Waals surface area contributed by atoms with Crippen molar-refractivity contribution < 1.29 is 4.39 Å². The molecule has 102 valence electrons. The van der Waals surface area contributed by atoms with Crippen LogP contribution in [0.4, 0.5) is 4.39 Å². The third-order valence-electron chi connectivity index (χ3n) is 3.67. The fourth-order valence-electron chi connectivity index (χ4n) is 2.24. The molecule has 2 unspecified atom stereocenters. The van der Waals surface area contributed by atoms with Gasteiger partial charge in [0.25, 0.3) is 0 Å². The van der Waals surface area contributed by atoms with Gasteiger partial charge < -0.3 is 5.32 Å². The molecule has 18 heavy (non-hydrogen) atoms. The van der Waals surface area contributed by atoms with Gasteiger partial charge in [0.15, 0.2) is 0 Å². The minimum Gasteiger partial charge on any atom is -0.316 e. The molecule has 0 aliphatic rings. The van der Waals surface area contributed by atoms with E-state index < -0.39 is 0 Å². The molecule has 1 aromatic carbocycles. The van der Waals surface area contributed by atoms with Crippen LogP contribution in [0.1, 0.15) is 39.2 Å². The molecule has 0 heterocycles. The number of rotatable bonds is 8. The quantitative estimate of drug-likeness (QED) is 0.688. The zero-order valence-corrected chi connectivity index (χ0v) is 11.9. The minimum absolute atomic E-state index is 0.128. The Hall–Kier alpha value is -0.890. The molecule has 0 amide bonds. The molecule has 0 saturated carbocycles. The number of hydrogen-bond acceptors (Lipinski definition) is 1. The zero-order chi connectivity index (χ0) is 13.4. The summed E-state index contributed by atoms with van der Waals surface area (Å²) in [6, 6.07) is 7.00. The SMILES string of the molecule is CCCNCC(Cc1cccc(F)c1)C(C)CC. The van der Waals surface area contributed by atoms with Crippen molar-refractivity contribution in [3.05, 3.63) is 35.6 Å². The largest absolute Gasteiger partial charge is 0.316 e. The molecule has 1 nitrogen and oxygen atoms in total. The van der Waals surface area contributed by atoms with Crippen LogP contribution in [0.5, 0.6) is 0 Å². The summed E-state index contributed by atoms with van der Waals surface area (Å²) in [6.07, 6.45) is 3.30. The maximum absolute atomic E-state index is 13.2. The lowest BCUT2D eigenvalue weighted by Gasteiger charge is -2.23. The number of halogens is 1. The fourth-order valence-corrected chi connectivity index (χ4v) is 2.24. The molecular weight excluding hydrogens is 225 g/mol. The maximum Gasteiger partial charge on any atom is 0.123 e. The van der Waals surface area contributed by atoms with E-state index in [4.69, 9.17) is 0 Å². The van der Waals surface area contributed by atoms with Crippen molar-refractivity contribution in [2.45, 2.75) is 40.0 Å². The van der Waals surface area contributed by atoms with Gasteiger partial charge in [-0.25, -0.2) is 4.39 Å². The molecule has 2 atom stereocenters. The van der Waals surface area contributed by atoms with Gasteiger partial charge >= 0.3 is 0 Å². The molecule has 0 radical (unpaired) electrons. The van der Waals surface area contributed by atoms with Crippen LogP contribution in [-0.2, 0) is 6.42 Å². The van der Waals surface area contributed by atoms with Gasteiger partial charge in [0, 0.05) is 0 Å². The van der Waals surface area contributed by atoms with Crippen molar-refractivity contribution >= 4 is 0 Å². The zero-order valence-electron chi connectivity index (χ0n) is 11.9. The van der Waals surface area contributed by atoms with Crippen molar-refractivity contribution in [3.8, 4) is 0 Å². The monoisotopic (exact) mass is 251 g/mol. The Balaban J connectivity index is 2.59. The summed E-state index contributed by atoms with van der Waals surface area (Å²) >= 11 is 0. The molecule has 0 saturated heterocycles. The van der Waals surface area contributed by atoms with Crippen molar-refractivity contribution in [1.29, 1.82) is 0 Å². The van der Waals surface area contributed by atoms with Gasteiger partial charge in [-0.1, -0.05) is 39.3 Å². The smallest absolute Gasteiger partial charge is 0.123 e. The molecule has 1 N–H and O–H groups in total. The Labute approximate surface area is 111 Å². The standard InChI is InChI=1S/C16H26FN/c1-4-9-18-12-15(13(3)5-2)10-14-7-6-8-16(17)11-14/h6-8,11,13,15,18H,4-5,9-10,12H2,1-3H3. The molecule has 1 aromatic rings. The Kier molecular flexibility index (Phi) is 6.96. The predicted octanol–water partition coefficient (Wildman–Crippen LogP) is 4.03. The van der Waals surface area contributed by atoms with Crippen molar-refractivity contribution in [1.82, 2.24) is 5.32 Å². The summed E-state index contributed by atoms with van der Waals surface area (Å²) in [5.74, 6) is 1.12. The highest BCUT2D eigenvalue weighted by Crippen LogP contribution is 2.20. The molecule has 0 aromatic heterocycles. The average molecular weight is 251 g/mol. The van der Waals surface area contributed by atoms with Crippen LogP contribution in [0.15, 0.2) is 24.3 Å². The molecule has 0 aliphatic carbocycles. The Morgan fingerprint density at radius 1 is 1.28 bits per heavy atom. The first-order chi connectivity index (χ1) is 8.67. The summed E-state index contributed by atoms with van der Waals surface area (Å²) < 4.78 is 13.2. The van der Waals surface area contributed by atoms with E-state index in [1.807, 2.05) is 6.07 Å². The second-order valence-corrected chi connectivity index (χ2v) is 5.18. The maximum atomic E-state index is 13.2. The van der Waals surface area contributed by atoms with E-state index >= 15 is 0 Å².